The highest BCUT2D eigenvalue weighted by Gasteiger charge is 2.42. The molecule has 36 heavy (non-hydrogen) atoms. The van der Waals surface area contributed by atoms with Gasteiger partial charge in [0.05, 0.1) is 18.3 Å². The van der Waals surface area contributed by atoms with E-state index in [1.54, 1.807) is 37.3 Å². The highest BCUT2D eigenvalue weighted by Crippen LogP contribution is 2.33. The molecular weight excluding hydrogens is 486 g/mol. The van der Waals surface area contributed by atoms with E-state index in [4.69, 9.17) is 4.74 Å². The minimum atomic E-state index is -4.30. The number of benzene rings is 2. The number of aliphatic hydroxyl groups is 1. The van der Waals surface area contributed by atoms with Gasteiger partial charge in [-0.25, -0.2) is 23.2 Å². The van der Waals surface area contributed by atoms with Gasteiger partial charge in [-0.15, -0.1) is 0 Å². The van der Waals surface area contributed by atoms with E-state index in [0.29, 0.717) is 5.56 Å². The molecule has 4 aromatic rings. The summed E-state index contributed by atoms with van der Waals surface area (Å²) in [6, 6.07) is 12.9. The van der Waals surface area contributed by atoms with Gasteiger partial charge < -0.3 is 9.84 Å². The molecule has 0 spiro atoms. The number of rotatable bonds is 10. The highest BCUT2D eigenvalue weighted by atomic mass is 19.3. The first-order valence-electron chi connectivity index (χ1n) is 10.7. The van der Waals surface area contributed by atoms with Crippen molar-refractivity contribution in [2.75, 3.05) is 6.61 Å². The van der Waals surface area contributed by atoms with E-state index in [1.807, 2.05) is 0 Å². The van der Waals surface area contributed by atoms with Crippen LogP contribution >= 0.6 is 0 Å². The van der Waals surface area contributed by atoms with Crippen LogP contribution in [0.2, 0.25) is 0 Å². The van der Waals surface area contributed by atoms with Crippen LogP contribution in [0.5, 0.6) is 5.75 Å². The summed E-state index contributed by atoms with van der Waals surface area (Å²) in [5, 5.41) is 23.5. The molecule has 1 N–H and O–H groups in total. The fourth-order valence-electron chi connectivity index (χ4n) is 3.54. The van der Waals surface area contributed by atoms with Gasteiger partial charge in [-0.3, -0.25) is 0 Å². The summed E-state index contributed by atoms with van der Waals surface area (Å²) in [5.41, 5.74) is -1.59. The number of alkyl halides is 4. The first-order valence-corrected chi connectivity index (χ1v) is 10.7. The van der Waals surface area contributed by atoms with E-state index in [0.717, 1.165) is 9.36 Å². The third kappa shape index (κ3) is 4.98. The maximum Gasteiger partial charge on any atom is 0.368 e. The van der Waals surface area contributed by atoms with Crippen LogP contribution < -0.4 is 10.4 Å². The van der Waals surface area contributed by atoms with Crippen molar-refractivity contribution in [1.29, 1.82) is 0 Å². The Kier molecular flexibility index (Phi) is 6.88. The van der Waals surface area contributed by atoms with Crippen molar-refractivity contribution >= 4 is 0 Å². The molecule has 2 aromatic heterocycles. The predicted octanol–water partition coefficient (Wildman–Crippen LogP) is 2.45. The highest BCUT2D eigenvalue weighted by molar-refractivity contribution is 5.36. The summed E-state index contributed by atoms with van der Waals surface area (Å²) in [4.78, 5) is 17.0. The predicted molar refractivity (Wildman–Crippen MR) is 117 cm³/mol. The van der Waals surface area contributed by atoms with E-state index in [9.17, 15) is 27.5 Å². The van der Waals surface area contributed by atoms with Gasteiger partial charge >= 0.3 is 18.0 Å². The monoisotopic (exact) mass is 507 g/mol. The van der Waals surface area contributed by atoms with Gasteiger partial charge in [0.2, 0.25) is 0 Å². The topological polar surface area (TPSA) is 113 Å². The molecular formula is C22H21F4N7O3. The fraction of sp³-hybridized carbons (Fsp3) is 0.318. The van der Waals surface area contributed by atoms with Crippen LogP contribution in [0.1, 0.15) is 18.5 Å². The van der Waals surface area contributed by atoms with Gasteiger partial charge in [0.25, 0.3) is 0 Å². The lowest BCUT2D eigenvalue weighted by molar-refractivity contribution is -0.148. The lowest BCUT2D eigenvalue weighted by atomic mass is 9.87. The molecule has 0 bridgehead atoms. The van der Waals surface area contributed by atoms with Crippen molar-refractivity contribution in [3.8, 4) is 11.4 Å². The van der Waals surface area contributed by atoms with Gasteiger partial charge in [0, 0.05) is 0 Å². The van der Waals surface area contributed by atoms with E-state index in [1.165, 1.54) is 41.6 Å². The fourth-order valence-corrected chi connectivity index (χ4v) is 3.54. The second-order valence-electron chi connectivity index (χ2n) is 8.02. The Morgan fingerprint density at radius 1 is 1.06 bits per heavy atom. The molecule has 4 rings (SSSR count). The van der Waals surface area contributed by atoms with Crippen LogP contribution in [0, 0.1) is 0 Å². The molecule has 2 heterocycles. The molecule has 2 aromatic carbocycles. The molecule has 0 aliphatic heterocycles. The molecule has 0 fully saturated rings. The third-order valence-electron chi connectivity index (χ3n) is 5.64. The first kappa shape index (κ1) is 25.0. The van der Waals surface area contributed by atoms with E-state index in [-0.39, 0.29) is 18.0 Å². The van der Waals surface area contributed by atoms with Crippen molar-refractivity contribution < 1.29 is 27.4 Å². The molecule has 0 saturated heterocycles. The number of hydrogen-bond donors (Lipinski definition) is 1. The molecule has 0 saturated carbocycles. The second-order valence-corrected chi connectivity index (χ2v) is 8.02. The van der Waals surface area contributed by atoms with E-state index in [2.05, 4.69) is 20.5 Å². The maximum atomic E-state index is 13.1. The van der Waals surface area contributed by atoms with Crippen molar-refractivity contribution in [3.05, 3.63) is 83.3 Å². The molecule has 0 aliphatic rings. The molecule has 2 atom stereocenters. The van der Waals surface area contributed by atoms with Gasteiger partial charge in [-0.05, 0) is 47.2 Å². The normalized spacial score (nSPS) is 14.5. The van der Waals surface area contributed by atoms with Crippen LogP contribution in [0.25, 0.3) is 5.69 Å². The van der Waals surface area contributed by atoms with Gasteiger partial charge in [-0.1, -0.05) is 30.3 Å². The Morgan fingerprint density at radius 3 is 2.36 bits per heavy atom. The lowest BCUT2D eigenvalue weighted by Gasteiger charge is -2.33. The maximum absolute atomic E-state index is 13.1. The quantitative estimate of drug-likeness (QED) is 0.328. The summed E-state index contributed by atoms with van der Waals surface area (Å²) >= 11 is 0. The second kappa shape index (κ2) is 9.89. The molecule has 10 nitrogen and oxygen atoms in total. The largest absolute Gasteiger partial charge is 0.487 e. The van der Waals surface area contributed by atoms with Crippen molar-refractivity contribution in [2.24, 2.45) is 0 Å². The zero-order valence-electron chi connectivity index (χ0n) is 18.8. The molecule has 0 radical (unpaired) electrons. The molecule has 14 heteroatoms. The summed E-state index contributed by atoms with van der Waals surface area (Å²) in [6.07, 6.45) is -1.10. The van der Waals surface area contributed by atoms with Crippen LogP contribution in [0.3, 0.4) is 0 Å². The van der Waals surface area contributed by atoms with Crippen LogP contribution in [0.4, 0.5) is 17.6 Å². The smallest absolute Gasteiger partial charge is 0.368 e. The Bertz CT molecular complexity index is 1330. The SMILES string of the molecule is C[C@@H](n1nnn(-c2ccc(OCC(F)(F)C(F)F)cc2)c1=O)[C@](O)(Cn1cncn1)c1ccccc1. The van der Waals surface area contributed by atoms with Gasteiger partial charge in [0.1, 0.15) is 24.0 Å². The van der Waals surface area contributed by atoms with Crippen LogP contribution in [-0.2, 0) is 12.1 Å². The Hall–Kier alpha value is -4.07. The van der Waals surface area contributed by atoms with Crippen LogP contribution in [-0.4, -0.2) is 58.6 Å². The lowest BCUT2D eigenvalue weighted by Crippen LogP contribution is -2.43. The van der Waals surface area contributed by atoms with Crippen LogP contribution in [0.15, 0.2) is 72.0 Å². The molecule has 190 valence electrons. The van der Waals surface area contributed by atoms with Crippen molar-refractivity contribution in [1.82, 2.24) is 34.6 Å². The third-order valence-corrected chi connectivity index (χ3v) is 5.64. The van der Waals surface area contributed by atoms with Gasteiger partial charge in [0.15, 0.2) is 6.61 Å². The van der Waals surface area contributed by atoms with E-state index >= 15 is 0 Å². The number of aromatic nitrogens is 7. The molecule has 0 aliphatic carbocycles. The minimum Gasteiger partial charge on any atom is -0.487 e. The Balaban J connectivity index is 1.59. The number of nitrogens with zero attached hydrogens (tertiary/aromatic N) is 7. The summed E-state index contributed by atoms with van der Waals surface area (Å²) < 4.78 is 58.9. The Labute approximate surface area is 201 Å². The zero-order valence-corrected chi connectivity index (χ0v) is 18.8. The van der Waals surface area contributed by atoms with E-state index < -0.39 is 36.3 Å². The summed E-state index contributed by atoms with van der Waals surface area (Å²) in [5.74, 6) is -4.39. The number of ether oxygens (including phenoxy) is 1. The summed E-state index contributed by atoms with van der Waals surface area (Å²) in [6.45, 7) is 0.0682. The first-order chi connectivity index (χ1) is 17.1. The number of hydrogen-bond acceptors (Lipinski definition) is 7. The minimum absolute atomic E-state index is 0.0350. The zero-order chi connectivity index (χ0) is 25.9. The molecule has 0 unspecified atom stereocenters. The Morgan fingerprint density at radius 2 is 1.75 bits per heavy atom. The van der Waals surface area contributed by atoms with Crippen molar-refractivity contribution in [2.45, 2.75) is 37.5 Å². The number of tetrazole rings is 1. The number of halogens is 4. The average Bonchev–Trinajstić information content (AvgIpc) is 3.52. The molecule has 0 amide bonds. The van der Waals surface area contributed by atoms with Gasteiger partial charge in [-0.2, -0.15) is 23.2 Å². The van der Waals surface area contributed by atoms with Crippen molar-refractivity contribution in [3.63, 3.8) is 0 Å². The summed E-state index contributed by atoms with van der Waals surface area (Å²) in [7, 11) is 0. The standard InChI is InChI=1S/C22H21F4N7O3/c1-15(21(35,11-31-14-27-13-28-31)16-5-3-2-4-6-16)32-20(34)33(30-29-32)17-7-9-18(10-8-17)36-12-22(25,26)19(23)24/h2-10,13-15,19,35H,11-12H2,1H3/t15-,21-/m1/s1. The average molecular weight is 507 g/mol.